The van der Waals surface area contributed by atoms with Crippen LogP contribution in [0.4, 0.5) is 5.95 Å². The van der Waals surface area contributed by atoms with E-state index >= 15 is 0 Å². The molecule has 10 heteroatoms. The molecule has 2 N–H and O–H groups in total. The predicted molar refractivity (Wildman–Crippen MR) is 130 cm³/mol. The Morgan fingerprint density at radius 2 is 1.71 bits per heavy atom. The number of H-pyrrole nitrogens is 1. The zero-order valence-electron chi connectivity index (χ0n) is 19.5. The van der Waals surface area contributed by atoms with Gasteiger partial charge in [-0.15, -0.1) is 0 Å². The molecule has 0 radical (unpaired) electrons. The maximum atomic E-state index is 12.5. The lowest BCUT2D eigenvalue weighted by Gasteiger charge is -2.27. The molecule has 2 heterocycles. The SMILES string of the molecule is COC(OCc1ccccc1)C(COCc1ccccc1)n1cnc2c(=O)[nH]c(NC(C)=O)nc21. The van der Waals surface area contributed by atoms with Crippen molar-refractivity contribution in [2.24, 2.45) is 0 Å². The molecule has 35 heavy (non-hydrogen) atoms. The third-order valence-electron chi connectivity index (χ3n) is 5.29. The highest BCUT2D eigenvalue weighted by molar-refractivity contribution is 5.87. The number of nitrogens with one attached hydrogen (secondary N) is 2. The van der Waals surface area contributed by atoms with Crippen LogP contribution in [0.25, 0.3) is 11.2 Å². The van der Waals surface area contributed by atoms with Gasteiger partial charge in [0.05, 0.1) is 26.1 Å². The summed E-state index contributed by atoms with van der Waals surface area (Å²) in [6.07, 6.45) is 0.757. The maximum Gasteiger partial charge on any atom is 0.280 e. The summed E-state index contributed by atoms with van der Waals surface area (Å²) in [5.41, 5.74) is 1.93. The fraction of sp³-hybridized carbons (Fsp3) is 0.280. The number of anilines is 1. The number of carbonyl (C=O) groups excluding carboxylic acids is 1. The number of amides is 1. The number of methoxy groups -OCH3 is 1. The second-order valence-corrected chi connectivity index (χ2v) is 7.89. The van der Waals surface area contributed by atoms with Crippen LogP contribution in [0.5, 0.6) is 0 Å². The average Bonchev–Trinajstić information content (AvgIpc) is 3.28. The largest absolute Gasteiger partial charge is 0.374 e. The van der Waals surface area contributed by atoms with Crippen molar-refractivity contribution >= 4 is 23.0 Å². The topological polar surface area (TPSA) is 120 Å². The second-order valence-electron chi connectivity index (χ2n) is 7.89. The molecule has 1 amide bonds. The van der Waals surface area contributed by atoms with Crippen LogP contribution < -0.4 is 10.9 Å². The second kappa shape index (κ2) is 11.5. The van der Waals surface area contributed by atoms with Gasteiger partial charge in [-0.25, -0.2) is 4.98 Å². The Labute approximate surface area is 201 Å². The molecule has 0 spiro atoms. The number of hydrogen-bond donors (Lipinski definition) is 2. The fourth-order valence-electron chi connectivity index (χ4n) is 3.65. The molecule has 0 fully saturated rings. The van der Waals surface area contributed by atoms with Crippen LogP contribution in [-0.4, -0.2) is 45.4 Å². The van der Waals surface area contributed by atoms with Gasteiger partial charge in [-0.3, -0.25) is 19.9 Å². The lowest BCUT2D eigenvalue weighted by atomic mass is 10.2. The number of aromatic amines is 1. The van der Waals surface area contributed by atoms with Gasteiger partial charge < -0.3 is 18.8 Å². The summed E-state index contributed by atoms with van der Waals surface area (Å²) >= 11 is 0. The molecule has 2 unspecified atom stereocenters. The summed E-state index contributed by atoms with van der Waals surface area (Å²) in [7, 11) is 1.54. The van der Waals surface area contributed by atoms with E-state index in [0.29, 0.717) is 13.2 Å². The standard InChI is InChI=1S/C25H27N5O5/c1-17(31)27-25-28-22-21(23(32)29-25)26-16-30(22)20(15-34-13-18-9-5-3-6-10-18)24(33-2)35-14-19-11-7-4-8-12-19/h3-12,16,20,24H,13-15H2,1-2H3,(H2,27,28,29,31,32). The van der Waals surface area contributed by atoms with E-state index < -0.39 is 17.9 Å². The zero-order chi connectivity index (χ0) is 24.6. The van der Waals surface area contributed by atoms with E-state index in [0.717, 1.165) is 11.1 Å². The minimum atomic E-state index is -0.742. The van der Waals surface area contributed by atoms with Gasteiger partial charge in [0.2, 0.25) is 11.9 Å². The van der Waals surface area contributed by atoms with Gasteiger partial charge in [0.25, 0.3) is 5.56 Å². The molecule has 4 aromatic rings. The summed E-state index contributed by atoms with van der Waals surface area (Å²) in [6, 6.07) is 19.0. The number of hydrogen-bond acceptors (Lipinski definition) is 7. The molecule has 0 aliphatic rings. The van der Waals surface area contributed by atoms with Crippen molar-refractivity contribution in [3.05, 3.63) is 88.5 Å². The lowest BCUT2D eigenvalue weighted by Crippen LogP contribution is -2.32. The van der Waals surface area contributed by atoms with E-state index in [1.165, 1.54) is 13.3 Å². The Hall–Kier alpha value is -3.86. The Bertz CT molecular complexity index is 1310. The molecular formula is C25H27N5O5. The number of benzene rings is 2. The van der Waals surface area contributed by atoms with Crippen molar-refractivity contribution in [2.75, 3.05) is 19.0 Å². The highest BCUT2D eigenvalue weighted by atomic mass is 16.7. The van der Waals surface area contributed by atoms with Gasteiger partial charge >= 0.3 is 0 Å². The van der Waals surface area contributed by atoms with Gasteiger partial charge in [-0.1, -0.05) is 60.7 Å². The van der Waals surface area contributed by atoms with Crippen LogP contribution in [0.15, 0.2) is 71.8 Å². The monoisotopic (exact) mass is 477 g/mol. The first kappa shape index (κ1) is 24.3. The summed E-state index contributed by atoms with van der Waals surface area (Å²) in [5, 5.41) is 2.51. The van der Waals surface area contributed by atoms with Crippen molar-refractivity contribution in [3.63, 3.8) is 0 Å². The number of rotatable bonds is 11. The quantitative estimate of drug-likeness (QED) is 0.319. The summed E-state index contributed by atoms with van der Waals surface area (Å²) in [5.74, 6) is -0.331. The Balaban J connectivity index is 1.64. The van der Waals surface area contributed by atoms with E-state index in [1.54, 1.807) is 11.7 Å². The fourth-order valence-corrected chi connectivity index (χ4v) is 3.65. The zero-order valence-corrected chi connectivity index (χ0v) is 19.5. The molecule has 10 nitrogen and oxygen atoms in total. The first-order valence-corrected chi connectivity index (χ1v) is 11.1. The number of carbonyl (C=O) groups is 1. The minimum Gasteiger partial charge on any atom is -0.374 e. The first-order chi connectivity index (χ1) is 17.0. The number of imidazole rings is 1. The first-order valence-electron chi connectivity index (χ1n) is 11.1. The van der Waals surface area contributed by atoms with Crippen LogP contribution >= 0.6 is 0 Å². The van der Waals surface area contributed by atoms with Crippen molar-refractivity contribution < 1.29 is 19.0 Å². The predicted octanol–water partition coefficient (Wildman–Crippen LogP) is 3.03. The molecule has 2 aromatic heterocycles. The summed E-state index contributed by atoms with van der Waals surface area (Å²) < 4.78 is 19.5. The van der Waals surface area contributed by atoms with Crippen LogP contribution in [0, 0.1) is 0 Å². The molecule has 182 valence electrons. The molecule has 0 saturated carbocycles. The highest BCUT2D eigenvalue weighted by Gasteiger charge is 2.27. The molecular weight excluding hydrogens is 450 g/mol. The summed E-state index contributed by atoms with van der Waals surface area (Å²) in [6.45, 7) is 2.22. The third kappa shape index (κ3) is 6.18. The van der Waals surface area contributed by atoms with Crippen LogP contribution in [0.2, 0.25) is 0 Å². The lowest BCUT2D eigenvalue weighted by molar-refractivity contribution is -0.168. The highest BCUT2D eigenvalue weighted by Crippen LogP contribution is 2.23. The van der Waals surface area contributed by atoms with Crippen LogP contribution in [0.1, 0.15) is 24.1 Å². The van der Waals surface area contributed by atoms with Crippen molar-refractivity contribution in [1.29, 1.82) is 0 Å². The number of ether oxygens (including phenoxy) is 3. The van der Waals surface area contributed by atoms with Crippen molar-refractivity contribution in [3.8, 4) is 0 Å². The molecule has 0 aliphatic heterocycles. The molecule has 0 bridgehead atoms. The summed E-state index contributed by atoms with van der Waals surface area (Å²) in [4.78, 5) is 35.2. The Morgan fingerprint density at radius 1 is 1.06 bits per heavy atom. The Morgan fingerprint density at radius 3 is 2.34 bits per heavy atom. The van der Waals surface area contributed by atoms with Crippen molar-refractivity contribution in [1.82, 2.24) is 19.5 Å². The van der Waals surface area contributed by atoms with Crippen LogP contribution in [0.3, 0.4) is 0 Å². The van der Waals surface area contributed by atoms with Gasteiger partial charge in [-0.2, -0.15) is 4.98 Å². The number of nitrogens with zero attached hydrogens (tertiary/aromatic N) is 3. The molecule has 0 saturated heterocycles. The smallest absolute Gasteiger partial charge is 0.280 e. The third-order valence-corrected chi connectivity index (χ3v) is 5.29. The van der Waals surface area contributed by atoms with Crippen LogP contribution in [-0.2, 0) is 32.2 Å². The van der Waals surface area contributed by atoms with E-state index in [2.05, 4.69) is 20.3 Å². The van der Waals surface area contributed by atoms with E-state index in [4.69, 9.17) is 14.2 Å². The minimum absolute atomic E-state index is 0.0277. The van der Waals surface area contributed by atoms with Gasteiger partial charge in [-0.05, 0) is 11.1 Å². The van der Waals surface area contributed by atoms with E-state index in [9.17, 15) is 9.59 Å². The molecule has 2 atom stereocenters. The molecule has 2 aromatic carbocycles. The van der Waals surface area contributed by atoms with E-state index in [1.807, 2.05) is 60.7 Å². The maximum absolute atomic E-state index is 12.5. The number of fused-ring (bicyclic) bond motifs is 1. The Kier molecular flexibility index (Phi) is 7.99. The normalized spacial score (nSPS) is 13.0. The van der Waals surface area contributed by atoms with Gasteiger partial charge in [0, 0.05) is 14.0 Å². The van der Waals surface area contributed by atoms with Crippen molar-refractivity contribution in [2.45, 2.75) is 32.5 Å². The van der Waals surface area contributed by atoms with Gasteiger partial charge in [0.1, 0.15) is 6.04 Å². The average molecular weight is 478 g/mol. The molecule has 0 aliphatic carbocycles. The molecule has 4 rings (SSSR count). The van der Waals surface area contributed by atoms with E-state index in [-0.39, 0.29) is 29.6 Å². The van der Waals surface area contributed by atoms with Gasteiger partial charge in [0.15, 0.2) is 17.5 Å². The number of aromatic nitrogens is 4.